The molecule has 0 spiro atoms. The van der Waals surface area contributed by atoms with E-state index < -0.39 is 0 Å². The van der Waals surface area contributed by atoms with E-state index in [4.69, 9.17) is 0 Å². The van der Waals surface area contributed by atoms with Crippen LogP contribution in [-0.2, 0) is 0 Å². The van der Waals surface area contributed by atoms with E-state index in [0.29, 0.717) is 0 Å². The maximum absolute atomic E-state index is 10.8. The zero-order valence-electron chi connectivity index (χ0n) is 27.5. The van der Waals surface area contributed by atoms with Gasteiger partial charge in [0, 0.05) is 24.6 Å². The van der Waals surface area contributed by atoms with Crippen molar-refractivity contribution >= 4 is 21.6 Å². The predicted octanol–water partition coefficient (Wildman–Crippen LogP) is 11.2. The minimum absolute atomic E-state index is 0.256. The van der Waals surface area contributed by atoms with Crippen molar-refractivity contribution in [3.8, 4) is 0 Å². The lowest BCUT2D eigenvalue weighted by Crippen LogP contribution is -2.38. The number of unbranched alkanes of at least 4 members (excludes halogenated alkanes) is 19. The zero-order chi connectivity index (χ0) is 29.4. The molecule has 2 unspecified atom stereocenters. The number of hydrogen-bond acceptors (Lipinski definition) is 5. The predicted molar refractivity (Wildman–Crippen MR) is 186 cm³/mol. The fraction of sp³-hybridized carbons (Fsp3) is 1.00. The summed E-state index contributed by atoms with van der Waals surface area (Å²) in [4.78, 5) is 2.37. The van der Waals surface area contributed by atoms with Gasteiger partial charge >= 0.3 is 0 Å². The van der Waals surface area contributed by atoms with Crippen LogP contribution in [0.25, 0.3) is 0 Å². The van der Waals surface area contributed by atoms with Gasteiger partial charge in [-0.1, -0.05) is 171 Å². The maximum atomic E-state index is 10.8. The summed E-state index contributed by atoms with van der Waals surface area (Å²) in [5, 5.41) is 21.6. The monoisotopic (exact) mass is 604 g/mol. The number of aliphatic hydroxyl groups excluding tert-OH is 2. The molecular weight excluding hydrogens is 531 g/mol. The van der Waals surface area contributed by atoms with Gasteiger partial charge in [0.25, 0.3) is 0 Å². The van der Waals surface area contributed by atoms with Crippen molar-refractivity contribution in [1.82, 2.24) is 4.90 Å². The first-order valence-electron chi connectivity index (χ1n) is 18.0. The van der Waals surface area contributed by atoms with Crippen molar-refractivity contribution in [3.05, 3.63) is 0 Å². The molecule has 0 radical (unpaired) electrons. The Morgan fingerprint density at radius 1 is 0.425 bits per heavy atom. The molecular formula is C35H73NO2S2. The van der Waals surface area contributed by atoms with Crippen LogP contribution in [0.3, 0.4) is 0 Å². The number of nitrogens with zero attached hydrogens (tertiary/aromatic N) is 1. The van der Waals surface area contributed by atoms with Gasteiger partial charge in [-0.25, -0.2) is 0 Å². The minimum atomic E-state index is -0.256. The topological polar surface area (TPSA) is 43.7 Å². The molecule has 0 saturated heterocycles. The Hall–Kier alpha value is 0.580. The highest BCUT2D eigenvalue weighted by Crippen LogP contribution is 2.23. The summed E-state index contributed by atoms with van der Waals surface area (Å²) in [5.74, 6) is 2.45. The Morgan fingerprint density at radius 2 is 0.800 bits per heavy atom. The maximum Gasteiger partial charge on any atom is 0.0667 e. The second-order valence-electron chi connectivity index (χ2n) is 12.4. The third kappa shape index (κ3) is 31.5. The van der Waals surface area contributed by atoms with Crippen LogP contribution in [0.5, 0.6) is 0 Å². The zero-order valence-corrected chi connectivity index (χ0v) is 29.2. The average molecular weight is 604 g/mol. The Morgan fingerprint density at radius 3 is 1.20 bits per heavy atom. The lowest BCUT2D eigenvalue weighted by Gasteiger charge is -2.27. The quantitative estimate of drug-likeness (QED) is 0.0566. The van der Waals surface area contributed by atoms with Crippen molar-refractivity contribution in [2.24, 2.45) is 0 Å². The van der Waals surface area contributed by atoms with Gasteiger partial charge in [-0.15, -0.1) is 0 Å². The van der Waals surface area contributed by atoms with Crippen LogP contribution in [0, 0.1) is 0 Å². The fourth-order valence-electron chi connectivity index (χ4n) is 5.47. The molecule has 0 heterocycles. The van der Waals surface area contributed by atoms with E-state index in [2.05, 4.69) is 25.7 Å². The van der Waals surface area contributed by atoms with Crippen LogP contribution >= 0.6 is 21.6 Å². The van der Waals surface area contributed by atoms with E-state index in [0.717, 1.165) is 51.7 Å². The molecule has 40 heavy (non-hydrogen) atoms. The largest absolute Gasteiger partial charge is 0.392 e. The fourth-order valence-corrected chi connectivity index (χ4v) is 7.75. The number of hydrogen-bond donors (Lipinski definition) is 2. The van der Waals surface area contributed by atoms with Crippen LogP contribution in [-0.4, -0.2) is 58.5 Å². The Bertz CT molecular complexity index is 437. The third-order valence-electron chi connectivity index (χ3n) is 8.04. The van der Waals surface area contributed by atoms with E-state index >= 15 is 0 Å². The van der Waals surface area contributed by atoms with E-state index in [1.807, 2.05) is 21.6 Å². The summed E-state index contributed by atoms with van der Waals surface area (Å²) < 4.78 is 0. The summed E-state index contributed by atoms with van der Waals surface area (Å²) in [6, 6.07) is 0. The van der Waals surface area contributed by atoms with Crippen LogP contribution in [0.1, 0.15) is 181 Å². The highest BCUT2D eigenvalue weighted by atomic mass is 33.1. The summed E-state index contributed by atoms with van der Waals surface area (Å²) in [6.07, 6.45) is 31.7. The van der Waals surface area contributed by atoms with Gasteiger partial charge in [-0.3, -0.25) is 4.90 Å². The summed E-state index contributed by atoms with van der Waals surface area (Å²) in [5.41, 5.74) is 0. The summed E-state index contributed by atoms with van der Waals surface area (Å²) >= 11 is 0. The third-order valence-corrected chi connectivity index (χ3v) is 10.7. The van der Waals surface area contributed by atoms with Gasteiger partial charge in [-0.05, 0) is 38.6 Å². The minimum Gasteiger partial charge on any atom is -0.392 e. The lowest BCUT2D eigenvalue weighted by molar-refractivity contribution is 0.0599. The molecule has 0 fully saturated rings. The van der Waals surface area contributed by atoms with E-state index in [-0.39, 0.29) is 12.2 Å². The molecule has 0 aliphatic heterocycles. The first kappa shape index (κ1) is 40.6. The smallest absolute Gasteiger partial charge is 0.0667 e. The first-order valence-corrected chi connectivity index (χ1v) is 20.5. The van der Waals surface area contributed by atoms with Crippen LogP contribution in [0.2, 0.25) is 0 Å². The molecule has 0 aliphatic rings. The van der Waals surface area contributed by atoms with Crippen LogP contribution < -0.4 is 0 Å². The Kier molecular flexibility index (Phi) is 34.6. The standard InChI is InChI=1S/C35H73NO2S2/c1-4-7-9-11-13-15-17-19-21-23-27-34(37)32-36(29-25-26-31-40-39-30-6-3)33-35(38)28-24-22-20-18-16-14-12-10-8-5-2/h34-35,37-38H,4-33H2,1-3H3. The molecule has 0 aromatic rings. The summed E-state index contributed by atoms with van der Waals surface area (Å²) in [7, 11) is 4.00. The Balaban J connectivity index is 4.13. The second kappa shape index (κ2) is 34.1. The average Bonchev–Trinajstić information content (AvgIpc) is 2.94. The van der Waals surface area contributed by atoms with Crippen molar-refractivity contribution in [1.29, 1.82) is 0 Å². The number of aliphatic hydroxyl groups is 2. The van der Waals surface area contributed by atoms with Gasteiger partial charge in [0.2, 0.25) is 0 Å². The van der Waals surface area contributed by atoms with Crippen LogP contribution in [0.4, 0.5) is 0 Å². The SMILES string of the molecule is CCCCCCCCCCCCC(O)CN(CCCCSSCCC)CC(O)CCCCCCCCCCCC. The molecule has 3 nitrogen and oxygen atoms in total. The molecule has 2 atom stereocenters. The number of rotatable bonds is 34. The van der Waals surface area contributed by atoms with Crippen LogP contribution in [0.15, 0.2) is 0 Å². The normalized spacial score (nSPS) is 13.3. The van der Waals surface area contributed by atoms with Gasteiger partial charge < -0.3 is 10.2 Å². The van der Waals surface area contributed by atoms with Crippen molar-refractivity contribution in [2.45, 2.75) is 193 Å². The molecule has 2 N–H and O–H groups in total. The molecule has 0 aromatic heterocycles. The van der Waals surface area contributed by atoms with E-state index in [9.17, 15) is 10.2 Å². The molecule has 0 aliphatic carbocycles. The Labute approximate surface area is 260 Å². The molecule has 0 aromatic carbocycles. The van der Waals surface area contributed by atoms with Gasteiger partial charge in [0.15, 0.2) is 0 Å². The van der Waals surface area contributed by atoms with E-state index in [1.165, 1.54) is 140 Å². The second-order valence-corrected chi connectivity index (χ2v) is 15.1. The molecule has 0 rings (SSSR count). The van der Waals surface area contributed by atoms with Crippen molar-refractivity contribution in [2.75, 3.05) is 31.1 Å². The molecule has 0 bridgehead atoms. The molecule has 242 valence electrons. The summed E-state index contributed by atoms with van der Waals surface area (Å²) in [6.45, 7) is 9.26. The highest BCUT2D eigenvalue weighted by Gasteiger charge is 2.15. The highest BCUT2D eigenvalue weighted by molar-refractivity contribution is 8.76. The molecule has 5 heteroatoms. The molecule has 0 amide bonds. The lowest BCUT2D eigenvalue weighted by atomic mass is 10.0. The van der Waals surface area contributed by atoms with Crippen molar-refractivity contribution in [3.63, 3.8) is 0 Å². The molecule has 0 saturated carbocycles. The van der Waals surface area contributed by atoms with Crippen molar-refractivity contribution < 1.29 is 10.2 Å². The van der Waals surface area contributed by atoms with Gasteiger partial charge in [0.1, 0.15) is 0 Å². The van der Waals surface area contributed by atoms with Gasteiger partial charge in [0.05, 0.1) is 12.2 Å². The first-order chi connectivity index (χ1) is 19.6. The van der Waals surface area contributed by atoms with Gasteiger partial charge in [-0.2, -0.15) is 0 Å². The van der Waals surface area contributed by atoms with E-state index in [1.54, 1.807) is 0 Å².